The second-order valence-corrected chi connectivity index (χ2v) is 7.46. The molecule has 0 amide bonds. The Morgan fingerprint density at radius 3 is 1.03 bits per heavy atom. The maximum absolute atomic E-state index is 13.5. The van der Waals surface area contributed by atoms with Gasteiger partial charge in [0, 0.05) is 0 Å². The molecule has 0 fully saturated rings. The van der Waals surface area contributed by atoms with Crippen molar-refractivity contribution in [3.05, 3.63) is 89.5 Å². The van der Waals surface area contributed by atoms with Crippen molar-refractivity contribution < 1.29 is 18.1 Å². The minimum atomic E-state index is -3.97. The van der Waals surface area contributed by atoms with Crippen LogP contribution < -0.4 is 13.6 Å². The van der Waals surface area contributed by atoms with E-state index in [0.717, 1.165) is 16.7 Å². The Morgan fingerprint density at radius 2 is 0.793 bits per heavy atom. The van der Waals surface area contributed by atoms with E-state index in [0.29, 0.717) is 17.2 Å². The topological polar surface area (TPSA) is 44.8 Å². The number of hydrogen-bond donors (Lipinski definition) is 0. The van der Waals surface area contributed by atoms with Gasteiger partial charge in [0.2, 0.25) is 0 Å². The molecule has 0 aliphatic carbocycles. The zero-order valence-electron chi connectivity index (χ0n) is 15.0. The van der Waals surface area contributed by atoms with E-state index in [-0.39, 0.29) is 83.8 Å². The van der Waals surface area contributed by atoms with Crippen LogP contribution in [0.5, 0.6) is 17.2 Å². The Morgan fingerprint density at radius 1 is 0.552 bits per heavy atom. The number of benzene rings is 3. The molecule has 0 radical (unpaired) electrons. The van der Waals surface area contributed by atoms with E-state index < -0.39 is 7.82 Å². The van der Waals surface area contributed by atoms with Crippen molar-refractivity contribution in [2.24, 2.45) is 0 Å². The summed E-state index contributed by atoms with van der Waals surface area (Å²) in [5.74, 6) is 1.37. The van der Waals surface area contributed by atoms with Gasteiger partial charge in [0.1, 0.15) is 17.2 Å². The van der Waals surface area contributed by atoms with E-state index in [1.54, 1.807) is 18.2 Å². The van der Waals surface area contributed by atoms with Crippen LogP contribution >= 0.6 is 7.82 Å². The fraction of sp³-hybridized carbons (Fsp3) is 0.143. The molecule has 4 nitrogen and oxygen atoms in total. The first kappa shape index (κ1) is 29.1. The number of rotatable bonds is 6. The molecule has 29 heavy (non-hydrogen) atoms. The molecule has 0 heterocycles. The molecule has 0 bridgehead atoms. The summed E-state index contributed by atoms with van der Waals surface area (Å²) in [5, 5.41) is 0. The zero-order chi connectivity index (χ0) is 18.6. The first-order valence-electron chi connectivity index (χ1n) is 8.32. The van der Waals surface area contributed by atoms with Crippen molar-refractivity contribution in [1.29, 1.82) is 0 Å². The van der Waals surface area contributed by atoms with Gasteiger partial charge in [0.25, 0.3) is 0 Å². The molecule has 0 saturated carbocycles. The average molecular weight is 463 g/mol. The summed E-state index contributed by atoms with van der Waals surface area (Å²) in [7, 11) is -3.97. The van der Waals surface area contributed by atoms with Crippen LogP contribution in [0.3, 0.4) is 0 Å². The Kier molecular flexibility index (Phi) is 13.5. The number of phosphoric ester groups is 1. The SMILES string of the molecule is Cc1ccccc1OP(=O)(Oc1ccccc1C)Oc1ccccc1C.[CaH2].[MgH2].[MgH2]. The summed E-state index contributed by atoms with van der Waals surface area (Å²) in [5.41, 5.74) is 2.53. The van der Waals surface area contributed by atoms with E-state index in [9.17, 15) is 4.57 Å². The molecule has 3 aromatic rings. The van der Waals surface area contributed by atoms with Crippen molar-refractivity contribution in [3.8, 4) is 17.2 Å². The third-order valence-electron chi connectivity index (χ3n) is 3.91. The van der Waals surface area contributed by atoms with Gasteiger partial charge in [0.05, 0.1) is 0 Å². The van der Waals surface area contributed by atoms with Gasteiger partial charge in [-0.3, -0.25) is 0 Å². The van der Waals surface area contributed by atoms with Crippen molar-refractivity contribution >= 4 is 91.7 Å². The normalized spacial score (nSPS) is 9.90. The van der Waals surface area contributed by atoms with Crippen LogP contribution in [-0.4, -0.2) is 83.8 Å². The molecule has 0 N–H and O–H groups in total. The van der Waals surface area contributed by atoms with Crippen LogP contribution in [0.1, 0.15) is 16.7 Å². The van der Waals surface area contributed by atoms with E-state index in [2.05, 4.69) is 0 Å². The predicted octanol–water partition coefficient (Wildman–Crippen LogP) is 3.51. The Bertz CT molecular complexity index is 846. The van der Waals surface area contributed by atoms with Crippen molar-refractivity contribution in [1.82, 2.24) is 0 Å². The molecule has 8 heteroatoms. The standard InChI is InChI=1S/C21H21O4P.Ca.2Mg.6H/c1-16-10-4-7-13-19(16)23-26(22,24-20-14-8-5-11-17(20)2)25-21-15-9-6-12-18(21)3;;;;;;;;;/h4-15H,1-3H3;;;;;;;;;. The zero-order valence-corrected chi connectivity index (χ0v) is 15.9. The van der Waals surface area contributed by atoms with E-state index in [1.165, 1.54) is 0 Å². The summed E-state index contributed by atoms with van der Waals surface area (Å²) in [4.78, 5) is 0. The van der Waals surface area contributed by atoms with Crippen LogP contribution in [0.15, 0.2) is 72.8 Å². The summed E-state index contributed by atoms with van der Waals surface area (Å²) >= 11 is 0. The second-order valence-electron chi connectivity index (χ2n) is 6.02. The number of hydrogen-bond acceptors (Lipinski definition) is 4. The van der Waals surface area contributed by atoms with Crippen LogP contribution in [0.2, 0.25) is 0 Å². The molecule has 0 aliphatic rings. The van der Waals surface area contributed by atoms with Gasteiger partial charge in [0.15, 0.2) is 0 Å². The maximum Gasteiger partial charge on any atom is 0.316 e. The number of phosphoric acid groups is 1. The molecular weight excluding hydrogens is 436 g/mol. The molecule has 3 rings (SSSR count). The van der Waals surface area contributed by atoms with Crippen LogP contribution in [0, 0.1) is 20.8 Å². The molecule has 0 spiro atoms. The van der Waals surface area contributed by atoms with Crippen molar-refractivity contribution in [3.63, 3.8) is 0 Å². The maximum atomic E-state index is 13.5. The van der Waals surface area contributed by atoms with Gasteiger partial charge >= 0.3 is 91.7 Å². The van der Waals surface area contributed by atoms with E-state index >= 15 is 0 Å². The van der Waals surface area contributed by atoms with E-state index in [1.807, 2.05) is 75.4 Å². The Balaban J connectivity index is 0.00000261. The summed E-state index contributed by atoms with van der Waals surface area (Å²) in [6, 6.07) is 22.0. The van der Waals surface area contributed by atoms with Crippen LogP contribution in [-0.2, 0) is 4.57 Å². The summed E-state index contributed by atoms with van der Waals surface area (Å²) < 4.78 is 30.8. The monoisotopic (exact) mass is 462 g/mol. The van der Waals surface area contributed by atoms with Gasteiger partial charge < -0.3 is 13.6 Å². The molecule has 3 aromatic carbocycles. The van der Waals surface area contributed by atoms with Crippen LogP contribution in [0.4, 0.5) is 0 Å². The minimum absolute atomic E-state index is 0. The predicted molar refractivity (Wildman–Crippen MR) is 129 cm³/mol. The average Bonchev–Trinajstić information content (AvgIpc) is 2.61. The molecule has 0 atom stereocenters. The summed E-state index contributed by atoms with van der Waals surface area (Å²) in [6.07, 6.45) is 0. The second kappa shape index (κ2) is 13.5. The molecule has 0 aromatic heterocycles. The molecule has 0 aliphatic heterocycles. The first-order valence-corrected chi connectivity index (χ1v) is 9.79. The van der Waals surface area contributed by atoms with Gasteiger partial charge in [-0.1, -0.05) is 54.6 Å². The third kappa shape index (κ3) is 8.26. The fourth-order valence-corrected chi connectivity index (χ4v) is 3.84. The Hall–Kier alpha value is 0.0822. The first-order chi connectivity index (χ1) is 12.5. The fourth-order valence-electron chi connectivity index (χ4n) is 2.39. The van der Waals surface area contributed by atoms with Crippen molar-refractivity contribution in [2.75, 3.05) is 0 Å². The van der Waals surface area contributed by atoms with Gasteiger partial charge in [-0.15, -0.1) is 0 Å². The minimum Gasteiger partial charge on any atom is 0.316 e. The number of para-hydroxylation sites is 3. The van der Waals surface area contributed by atoms with Gasteiger partial charge in [-0.25, -0.2) is 0 Å². The van der Waals surface area contributed by atoms with Crippen molar-refractivity contribution in [2.45, 2.75) is 20.8 Å². The van der Waals surface area contributed by atoms with Gasteiger partial charge in [-0.05, 0) is 55.7 Å². The summed E-state index contributed by atoms with van der Waals surface area (Å²) in [6.45, 7) is 5.63. The molecule has 0 saturated heterocycles. The smallest absolute Gasteiger partial charge is 0.316 e. The van der Waals surface area contributed by atoms with E-state index in [4.69, 9.17) is 13.6 Å². The molecule has 146 valence electrons. The quantitative estimate of drug-likeness (QED) is 0.415. The van der Waals surface area contributed by atoms with Crippen LogP contribution in [0.25, 0.3) is 0 Å². The Labute approximate surface area is 234 Å². The van der Waals surface area contributed by atoms with Gasteiger partial charge in [-0.2, -0.15) is 4.57 Å². The largest absolute Gasteiger partial charge is 0.316 e. The number of aryl methyl sites for hydroxylation is 3. The third-order valence-corrected chi connectivity index (χ3v) is 5.17. The molecule has 0 unspecified atom stereocenters. The molecular formula is C21H27CaMg2O4P.